The minimum absolute atomic E-state index is 0.0640. The number of amides is 6. The number of H-pyrrole nitrogens is 1. The molecular formula is C58H60ClN7O10. The summed E-state index contributed by atoms with van der Waals surface area (Å²) < 4.78 is 29.1. The molecule has 0 radical (unpaired) electrons. The molecule has 6 aromatic carbocycles. The predicted molar refractivity (Wildman–Crippen MR) is 292 cm³/mol. The molecule has 0 fully saturated rings. The Kier molecular flexibility index (Phi) is 15.9. The third-order valence-corrected chi connectivity index (χ3v) is 14.4. The first kappa shape index (κ1) is 52.4. The number of ether oxygens (including phenoxy) is 5. The first-order valence-electron chi connectivity index (χ1n) is 25.0. The van der Waals surface area contributed by atoms with Gasteiger partial charge < -0.3 is 60.6 Å². The van der Waals surface area contributed by atoms with Crippen molar-refractivity contribution >= 4 is 74.5 Å². The van der Waals surface area contributed by atoms with Gasteiger partial charge in [0.25, 0.3) is 5.91 Å². The van der Waals surface area contributed by atoms with Crippen molar-refractivity contribution in [2.45, 2.75) is 57.2 Å². The molecule has 0 spiro atoms. The normalized spacial score (nSPS) is 14.3. The molecule has 76 heavy (non-hydrogen) atoms. The molecule has 9 rings (SSSR count). The Morgan fingerprint density at radius 1 is 0.776 bits per heavy atom. The summed E-state index contributed by atoms with van der Waals surface area (Å²) in [5.74, 6) is 0.0723. The number of nitrogens with zero attached hydrogens (tertiary/aromatic N) is 1. The van der Waals surface area contributed by atoms with Crippen molar-refractivity contribution in [2.24, 2.45) is 11.7 Å². The fraction of sp³-hybridized carbons (Fsp3) is 0.293. The van der Waals surface area contributed by atoms with Gasteiger partial charge in [0.2, 0.25) is 17.6 Å². The van der Waals surface area contributed by atoms with E-state index in [1.54, 1.807) is 43.0 Å². The summed E-state index contributed by atoms with van der Waals surface area (Å²) in [5.41, 5.74) is 13.4. The Morgan fingerprint density at radius 3 is 2.09 bits per heavy atom. The van der Waals surface area contributed by atoms with Crippen molar-refractivity contribution in [3.63, 3.8) is 0 Å². The van der Waals surface area contributed by atoms with E-state index in [1.807, 2.05) is 91.0 Å². The van der Waals surface area contributed by atoms with Gasteiger partial charge in [0.15, 0.2) is 11.5 Å². The zero-order valence-electron chi connectivity index (χ0n) is 42.8. The minimum Gasteiger partial charge on any atom is -0.493 e. The highest BCUT2D eigenvalue weighted by Gasteiger charge is 2.37. The molecule has 7 aromatic rings. The van der Waals surface area contributed by atoms with Crippen LogP contribution in [0.15, 0.2) is 115 Å². The van der Waals surface area contributed by atoms with Crippen molar-refractivity contribution < 1.29 is 47.7 Å². The monoisotopic (exact) mass is 1050 g/mol. The van der Waals surface area contributed by atoms with Crippen molar-refractivity contribution in [2.75, 3.05) is 57.1 Å². The summed E-state index contributed by atoms with van der Waals surface area (Å²) in [4.78, 5) is 72.1. The largest absolute Gasteiger partial charge is 0.493 e. The number of rotatable bonds is 20. The van der Waals surface area contributed by atoms with Crippen LogP contribution in [0.25, 0.3) is 32.8 Å². The number of aromatic nitrogens is 1. The van der Waals surface area contributed by atoms with Crippen molar-refractivity contribution in [3.05, 3.63) is 143 Å². The van der Waals surface area contributed by atoms with Gasteiger partial charge in [0.1, 0.15) is 36.7 Å². The highest BCUT2D eigenvalue weighted by Crippen LogP contribution is 2.48. The van der Waals surface area contributed by atoms with Gasteiger partial charge in [-0.15, -0.1) is 11.6 Å². The average Bonchev–Trinajstić information content (AvgIpc) is 4.14. The Labute approximate surface area is 444 Å². The number of methoxy groups -OCH3 is 3. The number of urea groups is 1. The Morgan fingerprint density at radius 2 is 1.45 bits per heavy atom. The molecule has 0 bridgehead atoms. The van der Waals surface area contributed by atoms with E-state index in [-0.39, 0.29) is 55.7 Å². The summed E-state index contributed by atoms with van der Waals surface area (Å²) >= 11 is 6.61. The lowest BCUT2D eigenvalue weighted by Crippen LogP contribution is -2.54. The molecule has 17 nitrogen and oxygen atoms in total. The second-order valence-electron chi connectivity index (χ2n) is 19.1. The maximum absolute atomic E-state index is 14.5. The van der Waals surface area contributed by atoms with Crippen LogP contribution in [0.1, 0.15) is 71.3 Å². The molecule has 1 aromatic heterocycles. The Bertz CT molecular complexity index is 3280. The number of carbonyl (C=O) groups excluding carboxylic acids is 5. The SMILES string of the molecule is COc1cc2cc(C(=O)N3CC(CCl)c4c3cc(OCc3ccc(NC(=O)C(CCCNC(N)=O)NC(=O)C(NC(=O)OCC5c6ccccc6-c6ccccc65)C(C)C)cc3)c3ccccc43)[nH]c2c(OC)c1OC. The van der Waals surface area contributed by atoms with Crippen molar-refractivity contribution in [1.29, 1.82) is 0 Å². The van der Waals surface area contributed by atoms with Crippen LogP contribution in [0.5, 0.6) is 23.0 Å². The van der Waals surface area contributed by atoms with Gasteiger partial charge >= 0.3 is 12.1 Å². The topological polar surface area (TPSA) is 225 Å². The number of hydrogen-bond donors (Lipinski definition) is 6. The lowest BCUT2D eigenvalue weighted by Gasteiger charge is -2.25. The molecule has 1 aliphatic carbocycles. The van der Waals surface area contributed by atoms with E-state index in [0.29, 0.717) is 63.9 Å². The summed E-state index contributed by atoms with van der Waals surface area (Å²) in [6.07, 6.45) is -0.313. The second-order valence-corrected chi connectivity index (χ2v) is 19.4. The third-order valence-electron chi connectivity index (χ3n) is 14.0. The molecular weight excluding hydrogens is 990 g/mol. The predicted octanol–water partition coefficient (Wildman–Crippen LogP) is 9.34. The molecule has 3 atom stereocenters. The fourth-order valence-corrected chi connectivity index (χ4v) is 10.5. The molecule has 394 valence electrons. The molecule has 0 saturated carbocycles. The van der Waals surface area contributed by atoms with Gasteiger partial charge in [0, 0.05) is 53.3 Å². The maximum Gasteiger partial charge on any atom is 0.407 e. The lowest BCUT2D eigenvalue weighted by molar-refractivity contribution is -0.128. The van der Waals surface area contributed by atoms with Crippen LogP contribution < -0.4 is 50.8 Å². The van der Waals surface area contributed by atoms with Crippen molar-refractivity contribution in [1.82, 2.24) is 20.9 Å². The first-order chi connectivity index (χ1) is 36.8. The highest BCUT2D eigenvalue weighted by molar-refractivity contribution is 6.19. The van der Waals surface area contributed by atoms with Crippen LogP contribution in [0, 0.1) is 5.92 Å². The number of alkyl carbamates (subject to hydrolysis) is 1. The summed E-state index contributed by atoms with van der Waals surface area (Å²) in [5, 5.41) is 13.5. The van der Waals surface area contributed by atoms with Crippen LogP contribution >= 0.6 is 11.6 Å². The zero-order chi connectivity index (χ0) is 53.6. The van der Waals surface area contributed by atoms with Crippen LogP contribution in [-0.2, 0) is 20.9 Å². The minimum atomic E-state index is -1.06. The van der Waals surface area contributed by atoms with E-state index >= 15 is 0 Å². The van der Waals surface area contributed by atoms with Crippen LogP contribution in [0.2, 0.25) is 0 Å². The van der Waals surface area contributed by atoms with E-state index < -0.39 is 36.0 Å². The third kappa shape index (κ3) is 10.7. The van der Waals surface area contributed by atoms with Gasteiger partial charge in [-0.05, 0) is 81.8 Å². The maximum atomic E-state index is 14.5. The zero-order valence-corrected chi connectivity index (χ0v) is 43.5. The molecule has 6 amide bonds. The first-order valence-corrected chi connectivity index (χ1v) is 25.6. The van der Waals surface area contributed by atoms with Gasteiger partial charge in [-0.1, -0.05) is 98.8 Å². The van der Waals surface area contributed by atoms with Gasteiger partial charge in [-0.2, -0.15) is 0 Å². The van der Waals surface area contributed by atoms with E-state index in [4.69, 9.17) is 41.0 Å². The Hall–Kier alpha value is -8.44. The van der Waals surface area contributed by atoms with Crippen molar-refractivity contribution in [3.8, 4) is 34.1 Å². The molecule has 18 heteroatoms. The number of fused-ring (bicyclic) bond motifs is 7. The quantitative estimate of drug-likeness (QED) is 0.0313. The molecule has 1 aliphatic heterocycles. The fourth-order valence-electron chi connectivity index (χ4n) is 10.3. The second kappa shape index (κ2) is 23.0. The number of alkyl halides is 1. The number of halogens is 1. The number of nitrogens with two attached hydrogens (primary N) is 1. The van der Waals surface area contributed by atoms with E-state index in [9.17, 15) is 24.0 Å². The van der Waals surface area contributed by atoms with Crippen LogP contribution in [0.4, 0.5) is 21.0 Å². The van der Waals surface area contributed by atoms with E-state index in [0.717, 1.165) is 44.2 Å². The molecule has 0 saturated heterocycles. The molecule has 7 N–H and O–H groups in total. The van der Waals surface area contributed by atoms with E-state index in [2.05, 4.69) is 26.3 Å². The number of anilines is 2. The smallest absolute Gasteiger partial charge is 0.407 e. The van der Waals surface area contributed by atoms with Crippen LogP contribution in [0.3, 0.4) is 0 Å². The number of benzene rings is 6. The van der Waals surface area contributed by atoms with Gasteiger partial charge in [-0.25, -0.2) is 9.59 Å². The summed E-state index contributed by atoms with van der Waals surface area (Å²) in [6, 6.07) is 33.6. The lowest BCUT2D eigenvalue weighted by atomic mass is 9.95. The summed E-state index contributed by atoms with van der Waals surface area (Å²) in [7, 11) is 4.59. The number of primary amides is 1. The number of nitrogens with one attached hydrogen (secondary N) is 5. The van der Waals surface area contributed by atoms with Crippen LogP contribution in [-0.4, -0.2) is 93.8 Å². The van der Waals surface area contributed by atoms with E-state index in [1.165, 1.54) is 21.3 Å². The molecule has 2 aliphatic rings. The number of carbonyl (C=O) groups is 5. The molecule has 2 heterocycles. The number of hydrogen-bond acceptors (Lipinski definition) is 10. The highest BCUT2D eigenvalue weighted by atomic mass is 35.5. The van der Waals surface area contributed by atoms with Gasteiger partial charge in [-0.3, -0.25) is 14.4 Å². The molecule has 3 unspecified atom stereocenters. The number of aromatic amines is 1. The van der Waals surface area contributed by atoms with Gasteiger partial charge in [0.05, 0.1) is 32.5 Å². The standard InChI is InChI=1S/C58H60ClN7O10/c1-32(2)50(65-58(71)76-31-43-39-15-8-6-13-37(39)38-14-7-9-16-40(38)43)55(68)64-44(19-12-24-61-57(60)70)54(67)62-36-22-20-33(21-23-36)30-75-47-27-46-49(42-18-11-10-17-41(42)47)35(28-59)29-66(46)56(69)45-25-34-26-48(72-3)52(73-4)53(74-5)51(34)63-45/h6-11,13-18,20-23,25-27,32,35,43-44,50,63H,12,19,24,28-31H2,1-5H3,(H,62,67)(H,64,68)(H,65,71)(H3,60,61,70). The Balaban J connectivity index is 0.871. The summed E-state index contributed by atoms with van der Waals surface area (Å²) in [6.45, 7) is 4.30. The average molecular weight is 1050 g/mol.